The number of rotatable bonds is 5. The number of aliphatic hydroxyl groups excluding tert-OH is 1. The minimum absolute atomic E-state index is 0.00162. The van der Waals surface area contributed by atoms with Gasteiger partial charge in [0.05, 0.1) is 13.0 Å². The summed E-state index contributed by atoms with van der Waals surface area (Å²) in [5.74, 6) is -0.162. The van der Waals surface area contributed by atoms with Crippen LogP contribution in [0.5, 0.6) is 0 Å². The van der Waals surface area contributed by atoms with Gasteiger partial charge >= 0.3 is 0 Å². The summed E-state index contributed by atoms with van der Waals surface area (Å²) in [7, 11) is 0. The molecule has 20 heavy (non-hydrogen) atoms. The molecule has 2 unspecified atom stereocenters. The summed E-state index contributed by atoms with van der Waals surface area (Å²) in [6, 6.07) is 3.18. The molecule has 1 aromatic rings. The van der Waals surface area contributed by atoms with Gasteiger partial charge in [0.25, 0.3) is 0 Å². The van der Waals surface area contributed by atoms with E-state index < -0.39 is 6.04 Å². The topological polar surface area (TPSA) is 69.6 Å². The molecule has 2 rings (SSSR count). The first kappa shape index (κ1) is 15.0. The van der Waals surface area contributed by atoms with Crippen molar-refractivity contribution in [2.24, 2.45) is 0 Å². The van der Waals surface area contributed by atoms with E-state index in [1.54, 1.807) is 23.2 Å². The number of aliphatic hydroxyl groups is 1. The summed E-state index contributed by atoms with van der Waals surface area (Å²) in [6.07, 6.45) is 1.90. The zero-order valence-electron chi connectivity index (χ0n) is 11.5. The van der Waals surface area contributed by atoms with Crippen molar-refractivity contribution in [3.63, 3.8) is 0 Å². The fraction of sp³-hybridized carbons (Fsp3) is 0.571. The lowest BCUT2D eigenvalue weighted by molar-refractivity contribution is -0.138. The molecule has 0 bridgehead atoms. The zero-order valence-corrected chi connectivity index (χ0v) is 12.4. The third kappa shape index (κ3) is 3.58. The van der Waals surface area contributed by atoms with Crippen LogP contribution in [0.1, 0.15) is 24.6 Å². The molecule has 2 N–H and O–H groups in total. The quantitative estimate of drug-likeness (QED) is 0.843. The van der Waals surface area contributed by atoms with Crippen LogP contribution in [0, 0.1) is 0 Å². The van der Waals surface area contributed by atoms with Gasteiger partial charge in [-0.1, -0.05) is 6.07 Å². The number of nitrogens with one attached hydrogen (secondary N) is 1. The van der Waals surface area contributed by atoms with Gasteiger partial charge in [0, 0.05) is 17.5 Å². The Morgan fingerprint density at radius 1 is 1.60 bits per heavy atom. The van der Waals surface area contributed by atoms with Crippen LogP contribution >= 0.6 is 11.3 Å². The van der Waals surface area contributed by atoms with E-state index >= 15 is 0 Å². The second-order valence-corrected chi connectivity index (χ2v) is 6.13. The van der Waals surface area contributed by atoms with Crippen molar-refractivity contribution < 1.29 is 14.7 Å². The molecular formula is C14H20N2O3S. The zero-order chi connectivity index (χ0) is 14.5. The van der Waals surface area contributed by atoms with Gasteiger partial charge in [-0.05, 0) is 31.2 Å². The van der Waals surface area contributed by atoms with E-state index in [0.717, 1.165) is 11.3 Å². The highest BCUT2D eigenvalue weighted by molar-refractivity contribution is 7.10. The van der Waals surface area contributed by atoms with E-state index in [0.29, 0.717) is 19.4 Å². The number of likely N-dealkylation sites (tertiary alicyclic amines) is 1. The maximum Gasteiger partial charge on any atom is 0.243 e. The minimum atomic E-state index is -0.392. The molecule has 0 radical (unpaired) electrons. The van der Waals surface area contributed by atoms with Crippen LogP contribution in [-0.4, -0.2) is 47.1 Å². The van der Waals surface area contributed by atoms with E-state index in [4.69, 9.17) is 5.11 Å². The summed E-state index contributed by atoms with van der Waals surface area (Å²) in [4.78, 5) is 27.1. The second-order valence-electron chi connectivity index (χ2n) is 5.09. The van der Waals surface area contributed by atoms with E-state index in [2.05, 4.69) is 5.32 Å². The van der Waals surface area contributed by atoms with Crippen molar-refractivity contribution in [2.75, 3.05) is 13.2 Å². The maximum atomic E-state index is 12.3. The summed E-state index contributed by atoms with van der Waals surface area (Å²) in [6.45, 7) is 2.28. The van der Waals surface area contributed by atoms with Crippen LogP contribution in [0.15, 0.2) is 17.5 Å². The molecule has 110 valence electrons. The number of amides is 2. The van der Waals surface area contributed by atoms with Gasteiger partial charge in [-0.25, -0.2) is 0 Å². The first-order valence-electron chi connectivity index (χ1n) is 6.85. The minimum Gasteiger partial charge on any atom is -0.394 e. The van der Waals surface area contributed by atoms with Crippen LogP contribution < -0.4 is 5.32 Å². The normalized spacial score (nSPS) is 19.9. The van der Waals surface area contributed by atoms with E-state index in [1.165, 1.54) is 0 Å². The molecule has 1 aliphatic heterocycles. The summed E-state index contributed by atoms with van der Waals surface area (Å²) in [5, 5.41) is 13.7. The van der Waals surface area contributed by atoms with E-state index in [-0.39, 0.29) is 24.5 Å². The second kappa shape index (κ2) is 6.85. The van der Waals surface area contributed by atoms with Crippen molar-refractivity contribution in [1.82, 2.24) is 10.2 Å². The van der Waals surface area contributed by atoms with Crippen LogP contribution in [-0.2, 0) is 16.0 Å². The molecule has 2 heterocycles. The Balaban J connectivity index is 1.96. The Morgan fingerprint density at radius 3 is 3.05 bits per heavy atom. The van der Waals surface area contributed by atoms with Gasteiger partial charge in [0.15, 0.2) is 0 Å². The molecule has 5 nitrogen and oxygen atoms in total. The molecule has 1 fully saturated rings. The maximum absolute atomic E-state index is 12.3. The first-order valence-corrected chi connectivity index (χ1v) is 7.73. The Labute approximate surface area is 122 Å². The molecular weight excluding hydrogens is 276 g/mol. The van der Waals surface area contributed by atoms with Crippen molar-refractivity contribution in [1.29, 1.82) is 0 Å². The lowest BCUT2D eigenvalue weighted by Crippen LogP contribution is -2.49. The van der Waals surface area contributed by atoms with Gasteiger partial charge in [-0.15, -0.1) is 11.3 Å². The highest BCUT2D eigenvalue weighted by atomic mass is 32.1. The van der Waals surface area contributed by atoms with E-state index in [9.17, 15) is 9.59 Å². The van der Waals surface area contributed by atoms with Crippen molar-refractivity contribution in [3.05, 3.63) is 22.4 Å². The van der Waals surface area contributed by atoms with Gasteiger partial charge in [-0.2, -0.15) is 0 Å². The molecule has 0 saturated carbocycles. The largest absolute Gasteiger partial charge is 0.394 e. The van der Waals surface area contributed by atoms with E-state index in [1.807, 2.05) is 17.5 Å². The molecule has 0 aromatic carbocycles. The average Bonchev–Trinajstić information content (AvgIpc) is 3.08. The molecule has 0 aliphatic carbocycles. The number of hydrogen-bond donors (Lipinski definition) is 2. The summed E-state index contributed by atoms with van der Waals surface area (Å²) in [5.41, 5.74) is 0. The SMILES string of the molecule is CC(CO)NC(=O)C1CCCN1C(=O)Cc1cccs1. The molecule has 1 aliphatic rings. The number of nitrogens with zero attached hydrogens (tertiary/aromatic N) is 1. The Hall–Kier alpha value is -1.40. The molecule has 0 spiro atoms. The smallest absolute Gasteiger partial charge is 0.243 e. The molecule has 2 atom stereocenters. The van der Waals surface area contributed by atoms with Gasteiger partial charge in [-0.3, -0.25) is 9.59 Å². The Bertz CT molecular complexity index is 461. The number of carbonyl (C=O) groups excluding carboxylic acids is 2. The summed E-state index contributed by atoms with van der Waals surface area (Å²) < 4.78 is 0. The van der Waals surface area contributed by atoms with Crippen LogP contribution in [0.4, 0.5) is 0 Å². The van der Waals surface area contributed by atoms with Crippen LogP contribution in [0.3, 0.4) is 0 Å². The van der Waals surface area contributed by atoms with Crippen molar-refractivity contribution in [2.45, 2.75) is 38.3 Å². The predicted octanol–water partition coefficient (Wildman–Crippen LogP) is 0.779. The molecule has 2 amide bonds. The highest BCUT2D eigenvalue weighted by Gasteiger charge is 2.34. The fourth-order valence-electron chi connectivity index (χ4n) is 2.39. The molecule has 1 aromatic heterocycles. The Morgan fingerprint density at radius 2 is 2.40 bits per heavy atom. The number of thiophene rings is 1. The van der Waals surface area contributed by atoms with Gasteiger partial charge in [0.1, 0.15) is 6.04 Å². The number of carbonyl (C=O) groups is 2. The lowest BCUT2D eigenvalue weighted by Gasteiger charge is -2.25. The standard InChI is InChI=1S/C14H20N2O3S/c1-10(9-17)15-14(19)12-5-2-6-16(12)13(18)8-11-4-3-7-20-11/h3-4,7,10,12,17H,2,5-6,8-9H2,1H3,(H,15,19). The summed E-state index contributed by atoms with van der Waals surface area (Å²) >= 11 is 1.55. The third-order valence-electron chi connectivity index (χ3n) is 3.44. The number of hydrogen-bond acceptors (Lipinski definition) is 4. The monoisotopic (exact) mass is 296 g/mol. The van der Waals surface area contributed by atoms with Crippen molar-refractivity contribution >= 4 is 23.2 Å². The lowest BCUT2D eigenvalue weighted by atomic mass is 10.2. The first-order chi connectivity index (χ1) is 9.61. The van der Waals surface area contributed by atoms with Gasteiger partial charge in [0.2, 0.25) is 11.8 Å². The van der Waals surface area contributed by atoms with Gasteiger partial charge < -0.3 is 15.3 Å². The van der Waals surface area contributed by atoms with Crippen LogP contribution in [0.2, 0.25) is 0 Å². The van der Waals surface area contributed by atoms with Crippen molar-refractivity contribution in [3.8, 4) is 0 Å². The Kier molecular flexibility index (Phi) is 5.14. The highest BCUT2D eigenvalue weighted by Crippen LogP contribution is 2.20. The predicted molar refractivity (Wildman–Crippen MR) is 77.4 cm³/mol. The molecule has 6 heteroatoms. The molecule has 1 saturated heterocycles. The third-order valence-corrected chi connectivity index (χ3v) is 4.32. The average molecular weight is 296 g/mol. The fourth-order valence-corrected chi connectivity index (χ4v) is 3.08. The van der Waals surface area contributed by atoms with Crippen LogP contribution in [0.25, 0.3) is 0 Å².